The van der Waals surface area contributed by atoms with Crippen LogP contribution in [0.5, 0.6) is 0 Å². The number of hydrogen-bond donors (Lipinski definition) is 5. The van der Waals surface area contributed by atoms with E-state index < -0.39 is 40.2 Å². The molecule has 0 aromatic heterocycles. The van der Waals surface area contributed by atoms with E-state index in [1.54, 1.807) is 0 Å². The highest BCUT2D eigenvalue weighted by molar-refractivity contribution is 7.87. The van der Waals surface area contributed by atoms with Crippen LogP contribution in [0.3, 0.4) is 0 Å². The fraction of sp³-hybridized carbons (Fsp3) is 0.947. The van der Waals surface area contributed by atoms with E-state index in [4.69, 9.17) is 14.8 Å². The Labute approximate surface area is 168 Å². The van der Waals surface area contributed by atoms with Crippen molar-refractivity contribution in [2.24, 2.45) is 0 Å². The molecule has 168 valence electrons. The summed E-state index contributed by atoms with van der Waals surface area (Å²) in [7, 11) is -4.52. The lowest BCUT2D eigenvalue weighted by atomic mass is 10.0. The Morgan fingerprint density at radius 2 is 1.04 bits per heavy atom. The van der Waals surface area contributed by atoms with Gasteiger partial charge in [0.05, 0.1) is 12.7 Å². The van der Waals surface area contributed by atoms with Crippen molar-refractivity contribution in [2.75, 3.05) is 6.61 Å². The van der Waals surface area contributed by atoms with Gasteiger partial charge in [0, 0.05) is 0 Å². The Morgan fingerprint density at radius 1 is 0.679 bits per heavy atom. The highest BCUT2D eigenvalue weighted by atomic mass is 32.2. The smallest absolute Gasteiger partial charge is 0.324 e. The van der Waals surface area contributed by atoms with E-state index in [2.05, 4.69) is 0 Å². The minimum atomic E-state index is -4.52. The predicted octanol–water partition coefficient (Wildman–Crippen LogP) is 2.50. The number of aliphatic hydroxyl groups is 3. The number of rotatable bonds is 19. The third kappa shape index (κ3) is 14.3. The number of carboxylic acid groups (broad SMARTS) is 1. The zero-order valence-electron chi connectivity index (χ0n) is 16.7. The average molecular weight is 427 g/mol. The molecule has 0 fully saturated rings. The summed E-state index contributed by atoms with van der Waals surface area (Å²) >= 11 is 0. The molecule has 5 N–H and O–H groups in total. The zero-order valence-corrected chi connectivity index (χ0v) is 17.5. The monoisotopic (exact) mass is 426 g/mol. The van der Waals surface area contributed by atoms with Crippen LogP contribution in [0.2, 0.25) is 0 Å². The van der Waals surface area contributed by atoms with Gasteiger partial charge in [-0.15, -0.1) is 0 Å². The SMILES string of the molecule is O=C(O)C(CCCCCCCCCCCCCCC(O)C(O)CO)S(=O)(=O)O. The van der Waals surface area contributed by atoms with E-state index >= 15 is 0 Å². The first-order valence-corrected chi connectivity index (χ1v) is 11.9. The summed E-state index contributed by atoms with van der Waals surface area (Å²) in [6.45, 7) is -0.408. The van der Waals surface area contributed by atoms with E-state index in [0.29, 0.717) is 12.8 Å². The van der Waals surface area contributed by atoms with Crippen molar-refractivity contribution in [3.63, 3.8) is 0 Å². The molecule has 0 bridgehead atoms. The minimum absolute atomic E-state index is 0.0514. The van der Waals surface area contributed by atoms with Crippen molar-refractivity contribution in [3.05, 3.63) is 0 Å². The molecule has 0 aliphatic rings. The van der Waals surface area contributed by atoms with Gasteiger partial charge in [0.2, 0.25) is 0 Å². The highest BCUT2D eigenvalue weighted by Gasteiger charge is 2.29. The molecule has 0 radical (unpaired) electrons. The van der Waals surface area contributed by atoms with Crippen molar-refractivity contribution in [2.45, 2.75) is 107 Å². The molecule has 8 nitrogen and oxygen atoms in total. The molecule has 0 aromatic carbocycles. The molecule has 0 aromatic rings. The third-order valence-electron chi connectivity index (χ3n) is 4.98. The standard InChI is InChI=1S/C19H38O8S/c20-15-17(22)16(21)13-11-9-7-5-3-1-2-4-6-8-10-12-14-18(19(23)24)28(25,26)27/h16-18,20-22H,1-15H2,(H,23,24)(H,25,26,27). The van der Waals surface area contributed by atoms with Crippen LogP contribution in [0.4, 0.5) is 0 Å². The Balaban J connectivity index is 3.42. The maximum atomic E-state index is 10.9. The normalized spacial score (nSPS) is 15.3. The minimum Gasteiger partial charge on any atom is -0.480 e. The molecule has 0 saturated carbocycles. The Kier molecular flexibility index (Phi) is 15.7. The second-order valence-electron chi connectivity index (χ2n) is 7.48. The molecule has 3 unspecified atom stereocenters. The van der Waals surface area contributed by atoms with E-state index in [1.165, 1.54) is 0 Å². The van der Waals surface area contributed by atoms with Crippen LogP contribution in [0.25, 0.3) is 0 Å². The summed E-state index contributed by atoms with van der Waals surface area (Å²) < 4.78 is 30.7. The number of hydrogen-bond acceptors (Lipinski definition) is 6. The van der Waals surface area contributed by atoms with Crippen LogP contribution < -0.4 is 0 Å². The average Bonchev–Trinajstić information content (AvgIpc) is 2.62. The summed E-state index contributed by atoms with van der Waals surface area (Å²) in [5.74, 6) is -1.50. The number of carbonyl (C=O) groups is 1. The molecule has 0 aliphatic heterocycles. The van der Waals surface area contributed by atoms with Gasteiger partial charge in [0.25, 0.3) is 10.1 Å². The molecule has 3 atom stereocenters. The summed E-state index contributed by atoms with van der Waals surface area (Å²) in [6.07, 6.45) is 10.5. The Morgan fingerprint density at radius 3 is 1.36 bits per heavy atom. The van der Waals surface area contributed by atoms with Gasteiger partial charge >= 0.3 is 5.97 Å². The van der Waals surface area contributed by atoms with E-state index in [-0.39, 0.29) is 6.42 Å². The summed E-state index contributed by atoms with van der Waals surface area (Å²) in [6, 6.07) is 0. The Hall–Kier alpha value is -0.740. The fourth-order valence-corrected chi connectivity index (χ4v) is 3.88. The van der Waals surface area contributed by atoms with Gasteiger partial charge < -0.3 is 20.4 Å². The topological polar surface area (TPSA) is 152 Å². The number of unbranched alkanes of at least 4 members (excludes halogenated alkanes) is 11. The number of aliphatic hydroxyl groups excluding tert-OH is 3. The van der Waals surface area contributed by atoms with Crippen molar-refractivity contribution >= 4 is 16.1 Å². The van der Waals surface area contributed by atoms with Crippen molar-refractivity contribution < 1.29 is 38.2 Å². The van der Waals surface area contributed by atoms with Gasteiger partial charge in [-0.25, -0.2) is 0 Å². The second-order valence-corrected chi connectivity index (χ2v) is 9.08. The molecule has 0 amide bonds. The molecular formula is C19H38O8S. The van der Waals surface area contributed by atoms with Crippen molar-refractivity contribution in [3.8, 4) is 0 Å². The molecule has 0 heterocycles. The summed E-state index contributed by atoms with van der Waals surface area (Å²) in [5.41, 5.74) is 0. The number of carboxylic acids is 1. The van der Waals surface area contributed by atoms with Crippen LogP contribution in [0.15, 0.2) is 0 Å². The van der Waals surface area contributed by atoms with E-state index in [9.17, 15) is 23.4 Å². The highest BCUT2D eigenvalue weighted by Crippen LogP contribution is 2.15. The largest absolute Gasteiger partial charge is 0.480 e. The molecule has 9 heteroatoms. The van der Waals surface area contributed by atoms with Gasteiger partial charge in [-0.2, -0.15) is 8.42 Å². The van der Waals surface area contributed by atoms with Gasteiger partial charge in [-0.05, 0) is 12.8 Å². The second kappa shape index (κ2) is 16.1. The van der Waals surface area contributed by atoms with Gasteiger partial charge in [0.15, 0.2) is 5.25 Å². The fourth-order valence-electron chi connectivity index (χ4n) is 3.16. The van der Waals surface area contributed by atoms with Crippen LogP contribution in [-0.4, -0.2) is 63.4 Å². The van der Waals surface area contributed by atoms with Crippen LogP contribution in [0, 0.1) is 0 Å². The number of aliphatic carboxylic acids is 1. The van der Waals surface area contributed by atoms with Crippen molar-refractivity contribution in [1.29, 1.82) is 0 Å². The van der Waals surface area contributed by atoms with E-state index in [0.717, 1.165) is 70.6 Å². The van der Waals surface area contributed by atoms with Crippen LogP contribution in [0.1, 0.15) is 89.9 Å². The first kappa shape index (κ1) is 27.3. The molecule has 0 saturated heterocycles. The van der Waals surface area contributed by atoms with Crippen LogP contribution >= 0.6 is 0 Å². The molecule has 0 spiro atoms. The quantitative estimate of drug-likeness (QED) is 0.156. The van der Waals surface area contributed by atoms with E-state index in [1.807, 2.05) is 0 Å². The molecule has 0 rings (SSSR count). The first-order valence-electron chi connectivity index (χ1n) is 10.4. The maximum absolute atomic E-state index is 10.9. The first-order chi connectivity index (χ1) is 13.2. The predicted molar refractivity (Wildman–Crippen MR) is 107 cm³/mol. The Bertz CT molecular complexity index is 494. The maximum Gasteiger partial charge on any atom is 0.324 e. The summed E-state index contributed by atoms with van der Waals surface area (Å²) in [4.78, 5) is 10.8. The lowest BCUT2D eigenvalue weighted by Crippen LogP contribution is -2.29. The lowest BCUT2D eigenvalue weighted by molar-refractivity contribution is -0.136. The molecule has 28 heavy (non-hydrogen) atoms. The zero-order chi connectivity index (χ0) is 21.4. The van der Waals surface area contributed by atoms with Gasteiger partial charge in [0.1, 0.15) is 6.10 Å². The molecule has 0 aliphatic carbocycles. The van der Waals surface area contributed by atoms with Gasteiger partial charge in [-0.1, -0.05) is 77.0 Å². The van der Waals surface area contributed by atoms with Gasteiger partial charge in [-0.3, -0.25) is 9.35 Å². The van der Waals surface area contributed by atoms with Crippen LogP contribution in [-0.2, 0) is 14.9 Å². The third-order valence-corrected chi connectivity index (χ3v) is 6.14. The lowest BCUT2D eigenvalue weighted by Gasteiger charge is -2.14. The molecular weight excluding hydrogens is 388 g/mol. The van der Waals surface area contributed by atoms with Crippen molar-refractivity contribution in [1.82, 2.24) is 0 Å². The summed E-state index contributed by atoms with van der Waals surface area (Å²) in [5, 5.41) is 34.5.